The van der Waals surface area contributed by atoms with Gasteiger partial charge in [0.05, 0.1) is 11.1 Å². The minimum Gasteiger partial charge on any atom is -0.478 e. The predicted octanol–water partition coefficient (Wildman–Crippen LogP) is 1.76. The summed E-state index contributed by atoms with van der Waals surface area (Å²) in [5, 5.41) is 11.7. The molecule has 0 radical (unpaired) electrons. The van der Waals surface area contributed by atoms with Crippen molar-refractivity contribution in [2.24, 2.45) is 11.7 Å². The number of carbonyl (C=O) groups excluding carboxylic acids is 1. The van der Waals surface area contributed by atoms with Crippen LogP contribution in [-0.2, 0) is 4.79 Å². The summed E-state index contributed by atoms with van der Waals surface area (Å²) in [6.45, 7) is 3.49. The molecular weight excluding hydrogens is 244 g/mol. The number of aromatic carboxylic acids is 1. The van der Waals surface area contributed by atoms with E-state index in [2.05, 4.69) is 5.32 Å². The molecule has 1 fully saturated rings. The van der Waals surface area contributed by atoms with Gasteiger partial charge in [0.1, 0.15) is 0 Å². The minimum absolute atomic E-state index is 0.202. The zero-order valence-corrected chi connectivity index (χ0v) is 11.1. The van der Waals surface area contributed by atoms with Crippen LogP contribution < -0.4 is 11.1 Å². The molecular formula is C14H18N2O3. The number of carboxylic acids is 1. The summed E-state index contributed by atoms with van der Waals surface area (Å²) in [5.41, 5.74) is 6.69. The van der Waals surface area contributed by atoms with Crippen LogP contribution in [0.2, 0.25) is 0 Å². The van der Waals surface area contributed by atoms with Gasteiger partial charge in [-0.2, -0.15) is 0 Å². The van der Waals surface area contributed by atoms with Gasteiger partial charge in [0, 0.05) is 5.69 Å². The maximum atomic E-state index is 12.1. The average molecular weight is 262 g/mol. The van der Waals surface area contributed by atoms with Crippen molar-refractivity contribution in [3.05, 3.63) is 29.3 Å². The monoisotopic (exact) mass is 262 g/mol. The number of nitrogens with one attached hydrogen (secondary N) is 1. The van der Waals surface area contributed by atoms with E-state index in [1.54, 1.807) is 19.9 Å². The molecule has 0 bridgehead atoms. The normalized spacial score (nSPS) is 17.6. The zero-order chi connectivity index (χ0) is 14.2. The van der Waals surface area contributed by atoms with Gasteiger partial charge in [0.2, 0.25) is 5.91 Å². The van der Waals surface area contributed by atoms with Crippen LogP contribution in [0.4, 0.5) is 5.69 Å². The molecule has 0 heterocycles. The molecule has 0 spiro atoms. The second-order valence-corrected chi connectivity index (χ2v) is 5.35. The number of benzene rings is 1. The van der Waals surface area contributed by atoms with E-state index in [4.69, 9.17) is 10.8 Å². The van der Waals surface area contributed by atoms with E-state index in [0.717, 1.165) is 12.8 Å². The molecule has 102 valence electrons. The highest BCUT2D eigenvalue weighted by atomic mass is 16.4. The van der Waals surface area contributed by atoms with Crippen molar-refractivity contribution in [2.45, 2.75) is 32.2 Å². The molecule has 0 saturated heterocycles. The standard InChI is InChI=1S/C14H18N2O3/c1-8-7-9(12(17)18)3-6-11(8)16-13(19)14(2,15)10-4-5-10/h3,6-7,10H,4-5,15H2,1-2H3,(H,16,19)(H,17,18). The number of amides is 1. The zero-order valence-electron chi connectivity index (χ0n) is 11.1. The molecule has 1 amide bonds. The number of carboxylic acid groups (broad SMARTS) is 1. The third-order valence-corrected chi connectivity index (χ3v) is 3.64. The summed E-state index contributed by atoms with van der Waals surface area (Å²) in [6, 6.07) is 4.60. The fourth-order valence-corrected chi connectivity index (χ4v) is 2.06. The summed E-state index contributed by atoms with van der Waals surface area (Å²) in [7, 11) is 0. The van der Waals surface area contributed by atoms with Crippen molar-refractivity contribution in [3.63, 3.8) is 0 Å². The molecule has 5 nitrogen and oxygen atoms in total. The van der Waals surface area contributed by atoms with Crippen LogP contribution in [-0.4, -0.2) is 22.5 Å². The third kappa shape index (κ3) is 2.76. The summed E-state index contributed by atoms with van der Waals surface area (Å²) in [5.74, 6) is -0.963. The maximum Gasteiger partial charge on any atom is 0.335 e. The fourth-order valence-electron chi connectivity index (χ4n) is 2.06. The molecule has 4 N–H and O–H groups in total. The maximum absolute atomic E-state index is 12.1. The van der Waals surface area contributed by atoms with Crippen LogP contribution in [0.3, 0.4) is 0 Å². The number of hydrogen-bond acceptors (Lipinski definition) is 3. The van der Waals surface area contributed by atoms with Crippen LogP contribution in [0.15, 0.2) is 18.2 Å². The number of nitrogens with two attached hydrogens (primary N) is 1. The Bertz CT molecular complexity index is 533. The Labute approximate surface area is 111 Å². The van der Waals surface area contributed by atoms with E-state index < -0.39 is 11.5 Å². The van der Waals surface area contributed by atoms with Crippen LogP contribution in [0, 0.1) is 12.8 Å². The SMILES string of the molecule is Cc1cc(C(=O)O)ccc1NC(=O)C(C)(N)C1CC1. The Morgan fingerprint density at radius 2 is 2.05 bits per heavy atom. The highest BCUT2D eigenvalue weighted by Crippen LogP contribution is 2.38. The fraction of sp³-hybridized carbons (Fsp3) is 0.429. The predicted molar refractivity (Wildman–Crippen MR) is 72.1 cm³/mol. The van der Waals surface area contributed by atoms with Crippen molar-refractivity contribution in [2.75, 3.05) is 5.32 Å². The lowest BCUT2D eigenvalue weighted by molar-refractivity contribution is -0.121. The Kier molecular flexibility index (Phi) is 3.32. The topological polar surface area (TPSA) is 92.4 Å². The van der Waals surface area contributed by atoms with Crippen molar-refractivity contribution in [1.82, 2.24) is 0 Å². The molecule has 1 aliphatic rings. The molecule has 1 atom stereocenters. The number of anilines is 1. The van der Waals surface area contributed by atoms with Crippen LogP contribution in [0.25, 0.3) is 0 Å². The number of hydrogen-bond donors (Lipinski definition) is 3. The first kappa shape index (κ1) is 13.5. The van der Waals surface area contributed by atoms with Crippen molar-refractivity contribution >= 4 is 17.6 Å². The van der Waals surface area contributed by atoms with Crippen LogP contribution in [0.1, 0.15) is 35.7 Å². The first-order chi connectivity index (χ1) is 8.82. The van der Waals surface area contributed by atoms with E-state index in [1.165, 1.54) is 12.1 Å². The van der Waals surface area contributed by atoms with Gasteiger partial charge in [-0.3, -0.25) is 4.79 Å². The Balaban J connectivity index is 2.15. The second kappa shape index (κ2) is 4.66. The van der Waals surface area contributed by atoms with E-state index in [9.17, 15) is 9.59 Å². The minimum atomic E-state index is -0.984. The Morgan fingerprint density at radius 1 is 1.42 bits per heavy atom. The largest absolute Gasteiger partial charge is 0.478 e. The van der Waals surface area contributed by atoms with Crippen molar-refractivity contribution in [1.29, 1.82) is 0 Å². The number of rotatable bonds is 4. The number of carbonyl (C=O) groups is 2. The lowest BCUT2D eigenvalue weighted by atomic mass is 9.96. The summed E-state index contributed by atoms with van der Waals surface area (Å²) in [4.78, 5) is 23.0. The molecule has 1 aromatic carbocycles. The Hall–Kier alpha value is -1.88. The Morgan fingerprint density at radius 3 is 2.53 bits per heavy atom. The molecule has 1 aromatic rings. The first-order valence-corrected chi connectivity index (χ1v) is 6.26. The van der Waals surface area contributed by atoms with Crippen LogP contribution >= 0.6 is 0 Å². The highest BCUT2D eigenvalue weighted by molar-refractivity contribution is 5.99. The van der Waals surface area contributed by atoms with Gasteiger partial charge < -0.3 is 16.2 Å². The van der Waals surface area contributed by atoms with Gasteiger partial charge in [-0.25, -0.2) is 4.79 Å². The molecule has 1 unspecified atom stereocenters. The second-order valence-electron chi connectivity index (χ2n) is 5.35. The smallest absolute Gasteiger partial charge is 0.335 e. The molecule has 0 aromatic heterocycles. The van der Waals surface area contributed by atoms with Crippen LogP contribution in [0.5, 0.6) is 0 Å². The van der Waals surface area contributed by atoms with Gasteiger partial charge in [-0.1, -0.05) is 0 Å². The van der Waals surface area contributed by atoms with E-state index in [1.807, 2.05) is 0 Å². The lowest BCUT2D eigenvalue weighted by Crippen LogP contribution is -2.50. The summed E-state index contributed by atoms with van der Waals surface area (Å²) in [6.07, 6.45) is 1.97. The van der Waals surface area contributed by atoms with Gasteiger partial charge in [0.25, 0.3) is 0 Å². The molecule has 0 aliphatic heterocycles. The summed E-state index contributed by atoms with van der Waals surface area (Å²) >= 11 is 0. The molecule has 19 heavy (non-hydrogen) atoms. The molecule has 2 rings (SSSR count). The van der Waals surface area contributed by atoms with E-state index in [-0.39, 0.29) is 17.4 Å². The quantitative estimate of drug-likeness (QED) is 0.770. The van der Waals surface area contributed by atoms with E-state index >= 15 is 0 Å². The number of aryl methyl sites for hydroxylation is 1. The molecule has 5 heteroatoms. The van der Waals surface area contributed by atoms with Gasteiger partial charge in [0.15, 0.2) is 0 Å². The lowest BCUT2D eigenvalue weighted by Gasteiger charge is -2.23. The van der Waals surface area contributed by atoms with Gasteiger partial charge in [-0.05, 0) is 56.4 Å². The van der Waals surface area contributed by atoms with Gasteiger partial charge in [-0.15, -0.1) is 0 Å². The summed E-state index contributed by atoms with van der Waals surface area (Å²) < 4.78 is 0. The third-order valence-electron chi connectivity index (χ3n) is 3.64. The highest BCUT2D eigenvalue weighted by Gasteiger charge is 2.44. The van der Waals surface area contributed by atoms with Crippen molar-refractivity contribution in [3.8, 4) is 0 Å². The molecule has 1 saturated carbocycles. The average Bonchev–Trinajstić information content (AvgIpc) is 3.15. The van der Waals surface area contributed by atoms with Crippen molar-refractivity contribution < 1.29 is 14.7 Å². The first-order valence-electron chi connectivity index (χ1n) is 6.26. The van der Waals surface area contributed by atoms with Gasteiger partial charge >= 0.3 is 5.97 Å². The van der Waals surface area contributed by atoms with E-state index in [0.29, 0.717) is 11.3 Å². The molecule has 1 aliphatic carbocycles.